The first-order valence-electron chi connectivity index (χ1n) is 13.8. The van der Waals surface area contributed by atoms with Crippen LogP contribution in [-0.4, -0.2) is 59.6 Å². The van der Waals surface area contributed by atoms with Gasteiger partial charge in [0.15, 0.2) is 5.82 Å². The maximum Gasteiger partial charge on any atom is 0.205 e. The van der Waals surface area contributed by atoms with E-state index in [0.717, 1.165) is 53.9 Å². The number of fused-ring (bicyclic) bond motifs is 1. The molecular weight excluding hydrogens is 494 g/mol. The molecular formula is C29H39N7OS. The minimum absolute atomic E-state index is 0.213. The van der Waals surface area contributed by atoms with E-state index in [4.69, 9.17) is 14.8 Å². The summed E-state index contributed by atoms with van der Waals surface area (Å²) >= 11 is 1.72. The summed E-state index contributed by atoms with van der Waals surface area (Å²) in [5, 5.41) is 16.4. The molecule has 0 bridgehead atoms. The maximum atomic E-state index is 5.75. The topological polar surface area (TPSA) is 71.1 Å². The van der Waals surface area contributed by atoms with Crippen LogP contribution >= 0.6 is 11.3 Å². The summed E-state index contributed by atoms with van der Waals surface area (Å²) in [6, 6.07) is 10.6. The lowest BCUT2D eigenvalue weighted by Crippen LogP contribution is -2.27. The van der Waals surface area contributed by atoms with Gasteiger partial charge in [-0.3, -0.25) is 0 Å². The number of aliphatic imine (C=N–C) groups is 1. The van der Waals surface area contributed by atoms with Crippen molar-refractivity contribution in [1.82, 2.24) is 14.9 Å². The maximum absolute atomic E-state index is 5.75. The molecule has 9 heteroatoms. The Kier molecular flexibility index (Phi) is 7.56. The first-order chi connectivity index (χ1) is 18.3. The van der Waals surface area contributed by atoms with Crippen LogP contribution in [0.1, 0.15) is 66.1 Å². The fourth-order valence-electron chi connectivity index (χ4n) is 5.03. The van der Waals surface area contributed by atoms with Gasteiger partial charge >= 0.3 is 0 Å². The zero-order valence-electron chi connectivity index (χ0n) is 23.5. The number of nitrogens with zero attached hydrogens (tertiary/aromatic N) is 7. The van der Waals surface area contributed by atoms with Gasteiger partial charge in [-0.05, 0) is 56.5 Å². The van der Waals surface area contributed by atoms with Gasteiger partial charge in [-0.25, -0.2) is 4.99 Å². The van der Waals surface area contributed by atoms with Gasteiger partial charge in [0.2, 0.25) is 5.82 Å². The van der Waals surface area contributed by atoms with Crippen molar-refractivity contribution in [3.8, 4) is 17.1 Å². The van der Waals surface area contributed by atoms with Crippen molar-refractivity contribution in [3.63, 3.8) is 0 Å². The molecule has 0 aliphatic carbocycles. The van der Waals surface area contributed by atoms with E-state index in [-0.39, 0.29) is 5.41 Å². The van der Waals surface area contributed by atoms with E-state index in [1.165, 1.54) is 36.4 Å². The number of aromatic nitrogens is 3. The average molecular weight is 534 g/mol. The number of unbranched alkanes of at least 4 members (excludes halogenated alkanes) is 1. The zero-order chi connectivity index (χ0) is 26.9. The number of anilines is 2. The SMILES string of the molecule is CCCCN(CC)c1ccc(N=C2C(C(C)(C)C)=Nn3c2nnc3-c2cc(N3CCCC3)ccc2OC)s1. The van der Waals surface area contributed by atoms with E-state index in [1.807, 2.05) is 10.7 Å². The molecule has 1 saturated heterocycles. The van der Waals surface area contributed by atoms with Gasteiger partial charge < -0.3 is 14.5 Å². The van der Waals surface area contributed by atoms with Crippen molar-refractivity contribution < 1.29 is 4.74 Å². The molecule has 0 spiro atoms. The Balaban J connectivity index is 1.55. The molecule has 8 nitrogen and oxygen atoms in total. The standard InChI is InChI=1S/C29H39N7OS/c1-7-9-16-34(8-2)24-15-14-23(38-24)30-25-26(29(3,4)5)33-36-27(31-32-28(25)36)21-19-20(12-13-22(21)37-6)35-17-10-11-18-35/h12-15,19H,7-11,16-18H2,1-6H3. The second-order valence-corrected chi connectivity index (χ2v) is 12.0. The smallest absolute Gasteiger partial charge is 0.205 e. The zero-order valence-corrected chi connectivity index (χ0v) is 24.3. The number of ether oxygens (including phenoxy) is 1. The molecule has 0 amide bonds. The van der Waals surface area contributed by atoms with E-state index in [1.54, 1.807) is 18.4 Å². The van der Waals surface area contributed by atoms with Crippen LogP contribution in [0, 0.1) is 5.41 Å². The molecule has 1 fully saturated rings. The van der Waals surface area contributed by atoms with Crippen molar-refractivity contribution in [2.75, 3.05) is 43.1 Å². The Morgan fingerprint density at radius 1 is 1.05 bits per heavy atom. The highest BCUT2D eigenvalue weighted by Gasteiger charge is 2.36. The molecule has 0 radical (unpaired) electrons. The monoisotopic (exact) mass is 533 g/mol. The molecule has 0 saturated carbocycles. The number of hydrogen-bond donors (Lipinski definition) is 0. The number of thiophene rings is 1. The first kappa shape index (κ1) is 26.4. The molecule has 1 aromatic carbocycles. The Morgan fingerprint density at radius 2 is 1.82 bits per heavy atom. The third-order valence-corrected chi connectivity index (χ3v) is 8.20. The summed E-state index contributed by atoms with van der Waals surface area (Å²) in [6.45, 7) is 15.1. The minimum atomic E-state index is -0.213. The van der Waals surface area contributed by atoms with Gasteiger partial charge in [-0.2, -0.15) is 9.78 Å². The third-order valence-electron chi connectivity index (χ3n) is 7.16. The van der Waals surface area contributed by atoms with Gasteiger partial charge in [0.1, 0.15) is 16.5 Å². The second kappa shape index (κ2) is 10.9. The van der Waals surface area contributed by atoms with Gasteiger partial charge in [-0.15, -0.1) is 10.2 Å². The predicted octanol–water partition coefficient (Wildman–Crippen LogP) is 6.63. The summed E-state index contributed by atoms with van der Waals surface area (Å²) in [5.41, 5.74) is 3.55. The van der Waals surface area contributed by atoms with Crippen LogP contribution in [-0.2, 0) is 0 Å². The largest absolute Gasteiger partial charge is 0.496 e. The van der Waals surface area contributed by atoms with Crippen LogP contribution in [0.4, 0.5) is 15.7 Å². The highest BCUT2D eigenvalue weighted by Crippen LogP contribution is 2.38. The molecule has 4 heterocycles. The molecule has 38 heavy (non-hydrogen) atoms. The first-order valence-corrected chi connectivity index (χ1v) is 14.6. The van der Waals surface area contributed by atoms with Gasteiger partial charge in [0.05, 0.1) is 23.4 Å². The summed E-state index contributed by atoms with van der Waals surface area (Å²) < 4.78 is 7.59. The van der Waals surface area contributed by atoms with Crippen molar-refractivity contribution in [2.45, 2.75) is 60.3 Å². The summed E-state index contributed by atoms with van der Waals surface area (Å²) in [7, 11) is 1.70. The molecule has 5 rings (SSSR count). The van der Waals surface area contributed by atoms with Gasteiger partial charge in [0.25, 0.3) is 0 Å². The number of hydrogen-bond acceptors (Lipinski definition) is 8. The number of benzene rings is 1. The van der Waals surface area contributed by atoms with Crippen molar-refractivity contribution >= 4 is 38.4 Å². The van der Waals surface area contributed by atoms with Crippen molar-refractivity contribution in [3.05, 3.63) is 36.2 Å². The quantitative estimate of drug-likeness (QED) is 0.309. The van der Waals surface area contributed by atoms with E-state index < -0.39 is 0 Å². The molecule has 3 aromatic rings. The summed E-state index contributed by atoms with van der Waals surface area (Å²) in [5.74, 6) is 2.11. The highest BCUT2D eigenvalue weighted by atomic mass is 32.1. The Hall–Kier alpha value is -3.20. The molecule has 0 unspecified atom stereocenters. The summed E-state index contributed by atoms with van der Waals surface area (Å²) in [4.78, 5) is 9.94. The van der Waals surface area contributed by atoms with Gasteiger partial charge in [-0.1, -0.05) is 45.5 Å². The summed E-state index contributed by atoms with van der Waals surface area (Å²) in [6.07, 6.45) is 4.82. The number of rotatable bonds is 9. The van der Waals surface area contributed by atoms with Crippen LogP contribution in [0.3, 0.4) is 0 Å². The lowest BCUT2D eigenvalue weighted by molar-refractivity contribution is 0.416. The average Bonchev–Trinajstić information content (AvgIpc) is 3.70. The normalized spacial score (nSPS) is 16.3. The van der Waals surface area contributed by atoms with Crippen LogP contribution in [0.25, 0.3) is 11.4 Å². The van der Waals surface area contributed by atoms with Crippen molar-refractivity contribution in [1.29, 1.82) is 0 Å². The Bertz CT molecular complexity index is 1340. The molecule has 0 N–H and O–H groups in total. The molecule has 202 valence electrons. The van der Waals surface area contributed by atoms with Crippen LogP contribution in [0.2, 0.25) is 0 Å². The van der Waals surface area contributed by atoms with E-state index in [2.05, 4.69) is 78.9 Å². The second-order valence-electron chi connectivity index (χ2n) is 10.9. The lowest BCUT2D eigenvalue weighted by Gasteiger charge is -2.20. The highest BCUT2D eigenvalue weighted by molar-refractivity contribution is 7.19. The molecule has 2 aromatic heterocycles. The van der Waals surface area contributed by atoms with Crippen LogP contribution in [0.5, 0.6) is 5.75 Å². The predicted molar refractivity (Wildman–Crippen MR) is 159 cm³/mol. The fraction of sp³-hybridized carbons (Fsp3) is 0.517. The van der Waals surface area contributed by atoms with Crippen LogP contribution in [0.15, 0.2) is 40.4 Å². The molecule has 2 aliphatic rings. The Morgan fingerprint density at radius 3 is 2.50 bits per heavy atom. The van der Waals surface area contributed by atoms with Crippen LogP contribution < -0.4 is 14.5 Å². The lowest BCUT2D eigenvalue weighted by atomic mass is 9.87. The minimum Gasteiger partial charge on any atom is -0.496 e. The number of methoxy groups -OCH3 is 1. The third kappa shape index (κ3) is 5.08. The molecule has 0 atom stereocenters. The van der Waals surface area contributed by atoms with E-state index in [9.17, 15) is 0 Å². The van der Waals surface area contributed by atoms with E-state index in [0.29, 0.717) is 11.6 Å². The Labute approximate surface area is 230 Å². The fourth-order valence-corrected chi connectivity index (χ4v) is 6.00. The van der Waals surface area contributed by atoms with Gasteiger partial charge in [0, 0.05) is 37.3 Å². The van der Waals surface area contributed by atoms with E-state index >= 15 is 0 Å². The molecule has 2 aliphatic heterocycles. The van der Waals surface area contributed by atoms with Crippen molar-refractivity contribution in [2.24, 2.45) is 15.5 Å².